The minimum Gasteiger partial charge on any atom is -0.485 e. The second-order valence-corrected chi connectivity index (χ2v) is 7.29. The zero-order valence-electron chi connectivity index (χ0n) is 17.5. The predicted molar refractivity (Wildman–Crippen MR) is 115 cm³/mol. The van der Waals surface area contributed by atoms with E-state index in [9.17, 15) is 0 Å². The third-order valence-corrected chi connectivity index (χ3v) is 5.45. The standard InChI is InChI=1S/C24H25N3O2/c1-15-8-6-9-16(2)21(15)14-29-22-12-19(20-10-7-11-25-24(20)28-5)13-27-18(4)17(3)26-23(22)27/h6-13H,14H2,1-5H3. The maximum absolute atomic E-state index is 6.33. The lowest BCUT2D eigenvalue weighted by molar-refractivity contribution is 0.306. The van der Waals surface area contributed by atoms with E-state index < -0.39 is 0 Å². The van der Waals surface area contributed by atoms with Crippen molar-refractivity contribution >= 4 is 5.65 Å². The highest BCUT2D eigenvalue weighted by Gasteiger charge is 2.16. The fourth-order valence-corrected chi connectivity index (χ4v) is 3.59. The number of hydrogen-bond acceptors (Lipinski definition) is 4. The number of methoxy groups -OCH3 is 1. The molecule has 4 rings (SSSR count). The van der Waals surface area contributed by atoms with Crippen LogP contribution in [0.25, 0.3) is 16.8 Å². The maximum Gasteiger partial charge on any atom is 0.221 e. The quantitative estimate of drug-likeness (QED) is 0.471. The zero-order valence-corrected chi connectivity index (χ0v) is 17.5. The lowest BCUT2D eigenvalue weighted by Crippen LogP contribution is -2.03. The smallest absolute Gasteiger partial charge is 0.221 e. The Balaban J connectivity index is 1.83. The third-order valence-electron chi connectivity index (χ3n) is 5.45. The first-order valence-electron chi connectivity index (χ1n) is 9.66. The number of imidazole rings is 1. The van der Waals surface area contributed by atoms with Crippen molar-refractivity contribution in [2.45, 2.75) is 34.3 Å². The maximum atomic E-state index is 6.33. The summed E-state index contributed by atoms with van der Waals surface area (Å²) in [6.45, 7) is 8.80. The van der Waals surface area contributed by atoms with Gasteiger partial charge >= 0.3 is 0 Å². The molecule has 0 amide bonds. The second kappa shape index (κ2) is 7.59. The fraction of sp³-hybridized carbons (Fsp3) is 0.250. The van der Waals surface area contributed by atoms with Crippen LogP contribution in [0.4, 0.5) is 0 Å². The number of ether oxygens (including phenoxy) is 2. The zero-order chi connectivity index (χ0) is 20.5. The van der Waals surface area contributed by atoms with Gasteiger partial charge in [0.1, 0.15) is 6.61 Å². The van der Waals surface area contributed by atoms with E-state index in [0.29, 0.717) is 12.5 Å². The molecule has 0 N–H and O–H groups in total. The van der Waals surface area contributed by atoms with E-state index in [2.05, 4.69) is 54.6 Å². The van der Waals surface area contributed by atoms with Gasteiger partial charge in [0, 0.05) is 29.2 Å². The predicted octanol–water partition coefficient (Wildman–Crippen LogP) is 5.22. The van der Waals surface area contributed by atoms with Gasteiger partial charge in [0.15, 0.2) is 11.4 Å². The van der Waals surface area contributed by atoms with Crippen LogP contribution < -0.4 is 9.47 Å². The number of aryl methyl sites for hydroxylation is 4. The van der Waals surface area contributed by atoms with E-state index >= 15 is 0 Å². The monoisotopic (exact) mass is 387 g/mol. The number of aromatic nitrogens is 3. The molecule has 5 nitrogen and oxygen atoms in total. The second-order valence-electron chi connectivity index (χ2n) is 7.29. The van der Waals surface area contributed by atoms with E-state index in [-0.39, 0.29) is 0 Å². The van der Waals surface area contributed by atoms with Crippen LogP contribution in [0.15, 0.2) is 48.8 Å². The molecule has 1 aromatic carbocycles. The molecule has 0 aliphatic rings. The van der Waals surface area contributed by atoms with Gasteiger partial charge in [-0.2, -0.15) is 0 Å². The molecule has 0 spiro atoms. The molecule has 5 heteroatoms. The van der Waals surface area contributed by atoms with E-state index in [1.54, 1.807) is 13.3 Å². The highest BCUT2D eigenvalue weighted by atomic mass is 16.5. The van der Waals surface area contributed by atoms with Crippen molar-refractivity contribution in [3.63, 3.8) is 0 Å². The van der Waals surface area contributed by atoms with E-state index in [0.717, 1.165) is 33.9 Å². The van der Waals surface area contributed by atoms with Crippen LogP contribution in [0, 0.1) is 27.7 Å². The molecule has 0 saturated heterocycles. The molecule has 148 valence electrons. The number of hydrogen-bond donors (Lipinski definition) is 0. The molecule has 0 aliphatic heterocycles. The highest BCUT2D eigenvalue weighted by Crippen LogP contribution is 2.33. The Kier molecular flexibility index (Phi) is 4.97. The first kappa shape index (κ1) is 19.0. The van der Waals surface area contributed by atoms with E-state index in [1.165, 1.54) is 16.7 Å². The minimum atomic E-state index is 0.493. The Bertz CT molecular complexity index is 1170. The average Bonchev–Trinajstić information content (AvgIpc) is 3.01. The summed E-state index contributed by atoms with van der Waals surface area (Å²) in [6.07, 6.45) is 3.79. The normalized spacial score (nSPS) is 11.1. The summed E-state index contributed by atoms with van der Waals surface area (Å²) in [4.78, 5) is 9.08. The molecule has 4 aromatic rings. The van der Waals surface area contributed by atoms with Gasteiger partial charge in [0.05, 0.1) is 12.8 Å². The van der Waals surface area contributed by atoms with Gasteiger partial charge in [0.25, 0.3) is 0 Å². The van der Waals surface area contributed by atoms with Crippen molar-refractivity contribution in [3.05, 3.63) is 76.9 Å². The van der Waals surface area contributed by atoms with Crippen molar-refractivity contribution in [1.82, 2.24) is 14.4 Å². The molecule has 0 radical (unpaired) electrons. The number of benzene rings is 1. The van der Waals surface area contributed by atoms with Crippen LogP contribution in [0.1, 0.15) is 28.1 Å². The first-order chi connectivity index (χ1) is 14.0. The van der Waals surface area contributed by atoms with Crippen LogP contribution in [0.2, 0.25) is 0 Å². The molecule has 3 heterocycles. The van der Waals surface area contributed by atoms with E-state index in [4.69, 9.17) is 14.5 Å². The Hall–Kier alpha value is -3.34. The van der Waals surface area contributed by atoms with E-state index in [1.807, 2.05) is 25.1 Å². The minimum absolute atomic E-state index is 0.493. The summed E-state index contributed by atoms with van der Waals surface area (Å²) in [6, 6.07) is 12.2. The third kappa shape index (κ3) is 3.44. The lowest BCUT2D eigenvalue weighted by Gasteiger charge is -2.14. The van der Waals surface area contributed by atoms with Gasteiger partial charge in [0.2, 0.25) is 5.88 Å². The van der Waals surface area contributed by atoms with Gasteiger partial charge in [-0.1, -0.05) is 18.2 Å². The molecule has 0 aliphatic carbocycles. The average molecular weight is 387 g/mol. The Morgan fingerprint density at radius 3 is 2.48 bits per heavy atom. The Morgan fingerprint density at radius 2 is 1.76 bits per heavy atom. The molecule has 29 heavy (non-hydrogen) atoms. The number of nitrogens with zero attached hydrogens (tertiary/aromatic N) is 3. The summed E-state index contributed by atoms with van der Waals surface area (Å²) in [5.74, 6) is 1.33. The first-order valence-corrected chi connectivity index (χ1v) is 9.66. The Morgan fingerprint density at radius 1 is 1.00 bits per heavy atom. The molecule has 0 saturated carbocycles. The molecule has 3 aromatic heterocycles. The SMILES string of the molecule is COc1ncccc1-c1cc(OCc2c(C)cccc2C)c2nc(C)c(C)n2c1. The summed E-state index contributed by atoms with van der Waals surface area (Å²) >= 11 is 0. The number of fused-ring (bicyclic) bond motifs is 1. The molecule has 0 bridgehead atoms. The highest BCUT2D eigenvalue weighted by molar-refractivity contribution is 5.73. The van der Waals surface area contributed by atoms with Crippen molar-refractivity contribution < 1.29 is 9.47 Å². The summed E-state index contributed by atoms with van der Waals surface area (Å²) < 4.78 is 13.9. The van der Waals surface area contributed by atoms with Crippen molar-refractivity contribution in [3.8, 4) is 22.8 Å². The van der Waals surface area contributed by atoms with Crippen LogP contribution in [-0.2, 0) is 6.61 Å². The van der Waals surface area contributed by atoms with Gasteiger partial charge < -0.3 is 13.9 Å². The summed E-state index contributed by atoms with van der Waals surface area (Å²) in [5.41, 5.74) is 8.43. The van der Waals surface area contributed by atoms with Crippen molar-refractivity contribution in [1.29, 1.82) is 0 Å². The number of pyridine rings is 2. The summed E-state index contributed by atoms with van der Waals surface area (Å²) in [5, 5.41) is 0. The van der Waals surface area contributed by atoms with Crippen LogP contribution >= 0.6 is 0 Å². The molecular formula is C24H25N3O2. The van der Waals surface area contributed by atoms with Gasteiger partial charge in [-0.25, -0.2) is 9.97 Å². The number of rotatable bonds is 5. The largest absolute Gasteiger partial charge is 0.485 e. The molecule has 0 fully saturated rings. The fourth-order valence-electron chi connectivity index (χ4n) is 3.59. The molecular weight excluding hydrogens is 362 g/mol. The van der Waals surface area contributed by atoms with Crippen LogP contribution in [-0.4, -0.2) is 21.5 Å². The van der Waals surface area contributed by atoms with Crippen LogP contribution in [0.5, 0.6) is 11.6 Å². The van der Waals surface area contributed by atoms with Crippen molar-refractivity contribution in [2.75, 3.05) is 7.11 Å². The Labute approximate surface area is 171 Å². The molecule has 0 unspecified atom stereocenters. The van der Waals surface area contributed by atoms with Crippen molar-refractivity contribution in [2.24, 2.45) is 0 Å². The van der Waals surface area contributed by atoms with Gasteiger partial charge in [-0.3, -0.25) is 0 Å². The van der Waals surface area contributed by atoms with Gasteiger partial charge in [-0.05, 0) is 62.6 Å². The topological polar surface area (TPSA) is 48.7 Å². The molecule has 0 atom stereocenters. The lowest BCUT2D eigenvalue weighted by atomic mass is 10.0. The van der Waals surface area contributed by atoms with Crippen LogP contribution in [0.3, 0.4) is 0 Å². The summed E-state index contributed by atoms with van der Waals surface area (Å²) in [7, 11) is 1.63. The van der Waals surface area contributed by atoms with Gasteiger partial charge in [-0.15, -0.1) is 0 Å².